The van der Waals surface area contributed by atoms with Crippen molar-refractivity contribution in [3.05, 3.63) is 251 Å². The molecule has 0 aliphatic heterocycles. The van der Waals surface area contributed by atoms with Gasteiger partial charge in [-0.3, -0.25) is 14.4 Å². The van der Waals surface area contributed by atoms with Crippen LogP contribution in [0.2, 0.25) is 0 Å². The fourth-order valence-electron chi connectivity index (χ4n) is 8.63. The van der Waals surface area contributed by atoms with Gasteiger partial charge in [0.2, 0.25) is 17.7 Å². The molecule has 3 amide bonds. The number of hydrogen-bond acceptors (Lipinski definition) is 7. The minimum absolute atomic E-state index is 0.00713. The number of unbranched alkanes of at least 4 members (excludes halogenated alkanes) is 3. The van der Waals surface area contributed by atoms with Crippen LogP contribution in [0.25, 0.3) is 0 Å². The molecule has 0 heterocycles. The molecular formula is C58H59N3O5S3. The van der Waals surface area contributed by atoms with Crippen LogP contribution in [-0.2, 0) is 39.5 Å². The SMILES string of the molecule is O=C(CSC(c1ccccc1)(c1ccccc1)c1ccccc1)NCC(NC(=O)CSC(c1ccccc1)(c1ccccc1)c1ccccc1)C(=O)NCCCCCCS(=O)(=O)Cc1ccccc1. The minimum Gasteiger partial charge on any atom is -0.354 e. The highest BCUT2D eigenvalue weighted by molar-refractivity contribution is 8.01. The average molecular weight is 974 g/mol. The third kappa shape index (κ3) is 13.7. The van der Waals surface area contributed by atoms with E-state index in [1.54, 1.807) is 0 Å². The number of carbonyl (C=O) groups is 3. The topological polar surface area (TPSA) is 121 Å². The van der Waals surface area contributed by atoms with E-state index < -0.39 is 31.3 Å². The molecule has 11 heteroatoms. The summed E-state index contributed by atoms with van der Waals surface area (Å²) in [6.45, 7) is 0.199. The normalized spacial score (nSPS) is 12.1. The highest BCUT2D eigenvalue weighted by Crippen LogP contribution is 2.49. The van der Waals surface area contributed by atoms with E-state index in [0.717, 1.165) is 45.4 Å². The zero-order valence-corrected chi connectivity index (χ0v) is 41.1. The van der Waals surface area contributed by atoms with Gasteiger partial charge < -0.3 is 16.0 Å². The molecule has 1 atom stereocenters. The number of nitrogens with one attached hydrogen (secondary N) is 3. The third-order valence-corrected chi connectivity index (χ3v) is 16.8. The maximum absolute atomic E-state index is 14.2. The summed E-state index contributed by atoms with van der Waals surface area (Å²) in [5.41, 5.74) is 6.86. The van der Waals surface area contributed by atoms with Gasteiger partial charge in [0.05, 0.1) is 32.5 Å². The predicted octanol–water partition coefficient (Wildman–Crippen LogP) is 10.3. The molecule has 0 radical (unpaired) electrons. The summed E-state index contributed by atoms with van der Waals surface area (Å²) in [5, 5.41) is 8.97. The number of sulfone groups is 1. The van der Waals surface area contributed by atoms with Crippen molar-refractivity contribution in [2.75, 3.05) is 30.3 Å². The van der Waals surface area contributed by atoms with Crippen LogP contribution in [0.3, 0.4) is 0 Å². The van der Waals surface area contributed by atoms with Crippen LogP contribution in [0.4, 0.5) is 0 Å². The monoisotopic (exact) mass is 973 g/mol. The van der Waals surface area contributed by atoms with E-state index in [-0.39, 0.29) is 41.4 Å². The predicted molar refractivity (Wildman–Crippen MR) is 284 cm³/mol. The third-order valence-electron chi connectivity index (χ3n) is 12.0. The second kappa shape index (κ2) is 25.3. The van der Waals surface area contributed by atoms with E-state index in [9.17, 15) is 22.8 Å². The molecule has 0 bridgehead atoms. The first-order chi connectivity index (χ1) is 33.7. The van der Waals surface area contributed by atoms with Crippen molar-refractivity contribution in [2.24, 2.45) is 0 Å². The molecule has 0 fully saturated rings. The Morgan fingerprint density at radius 3 is 1.17 bits per heavy atom. The lowest BCUT2D eigenvalue weighted by Gasteiger charge is -2.35. The Morgan fingerprint density at radius 1 is 0.435 bits per heavy atom. The summed E-state index contributed by atoms with van der Waals surface area (Å²) in [4.78, 5) is 42.3. The molecule has 8 nitrogen and oxygen atoms in total. The Balaban J connectivity index is 1.05. The maximum Gasteiger partial charge on any atom is 0.244 e. The van der Waals surface area contributed by atoms with Gasteiger partial charge in [0.25, 0.3) is 0 Å². The molecule has 69 heavy (non-hydrogen) atoms. The zero-order valence-electron chi connectivity index (χ0n) is 38.6. The van der Waals surface area contributed by atoms with E-state index in [1.807, 2.05) is 140 Å². The summed E-state index contributed by atoms with van der Waals surface area (Å²) in [5.74, 6) is -0.874. The van der Waals surface area contributed by atoms with Crippen LogP contribution in [0.15, 0.2) is 212 Å². The molecule has 0 aromatic heterocycles. The van der Waals surface area contributed by atoms with Gasteiger partial charge in [-0.25, -0.2) is 8.42 Å². The van der Waals surface area contributed by atoms with Crippen molar-refractivity contribution in [3.63, 3.8) is 0 Å². The van der Waals surface area contributed by atoms with Gasteiger partial charge in [0.1, 0.15) is 6.04 Å². The summed E-state index contributed by atoms with van der Waals surface area (Å²) < 4.78 is 24.0. The molecule has 7 aromatic carbocycles. The molecule has 7 aromatic rings. The summed E-state index contributed by atoms with van der Waals surface area (Å²) in [6, 6.07) is 68.8. The number of benzene rings is 7. The summed E-state index contributed by atoms with van der Waals surface area (Å²) >= 11 is 2.97. The Bertz CT molecular complexity index is 2580. The number of amides is 3. The highest BCUT2D eigenvalue weighted by atomic mass is 32.2. The van der Waals surface area contributed by atoms with Crippen LogP contribution in [0, 0.1) is 0 Å². The van der Waals surface area contributed by atoms with Gasteiger partial charge in [-0.05, 0) is 51.8 Å². The lowest BCUT2D eigenvalue weighted by molar-refractivity contribution is -0.128. The van der Waals surface area contributed by atoms with Crippen molar-refractivity contribution in [1.29, 1.82) is 0 Å². The van der Waals surface area contributed by atoms with Gasteiger partial charge >= 0.3 is 0 Å². The van der Waals surface area contributed by atoms with E-state index in [2.05, 4.69) is 88.7 Å². The first-order valence-electron chi connectivity index (χ1n) is 23.4. The standard InChI is InChI=1S/C58H59N3O5S3/c62-54(43-67-57(47-28-12-4-13-29-47,48-30-14-5-15-31-48)49-32-16-6-17-33-49)60-42-53(56(64)59-40-24-1-2-25-41-69(65,66)45-46-26-10-3-11-27-46)61-55(63)44-68-58(50-34-18-7-19-35-50,51-36-20-8-21-37-51)52-38-22-9-23-39-52/h3-23,26-39,53H,1-2,24-25,40-45H2,(H,59,64)(H,60,62)(H,61,63). The van der Waals surface area contributed by atoms with Crippen LogP contribution in [0.1, 0.15) is 64.6 Å². The van der Waals surface area contributed by atoms with Gasteiger partial charge in [0.15, 0.2) is 9.84 Å². The first-order valence-corrected chi connectivity index (χ1v) is 27.2. The molecule has 3 N–H and O–H groups in total. The largest absolute Gasteiger partial charge is 0.354 e. The van der Waals surface area contributed by atoms with Crippen molar-refractivity contribution in [2.45, 2.75) is 47.0 Å². The molecule has 0 spiro atoms. The van der Waals surface area contributed by atoms with Crippen LogP contribution >= 0.6 is 23.5 Å². The summed E-state index contributed by atoms with van der Waals surface area (Å²) in [7, 11) is -3.24. The van der Waals surface area contributed by atoms with Crippen molar-refractivity contribution >= 4 is 51.1 Å². The van der Waals surface area contributed by atoms with Gasteiger partial charge in [-0.1, -0.05) is 225 Å². The van der Waals surface area contributed by atoms with Gasteiger partial charge in [0, 0.05) is 13.1 Å². The van der Waals surface area contributed by atoms with E-state index in [0.29, 0.717) is 25.8 Å². The lowest BCUT2D eigenvalue weighted by atomic mass is 9.84. The summed E-state index contributed by atoms with van der Waals surface area (Å²) in [6.07, 6.45) is 2.56. The van der Waals surface area contributed by atoms with Crippen molar-refractivity contribution < 1.29 is 22.8 Å². The van der Waals surface area contributed by atoms with Crippen molar-refractivity contribution in [3.8, 4) is 0 Å². The Morgan fingerprint density at radius 2 is 0.783 bits per heavy atom. The molecule has 0 saturated heterocycles. The van der Waals surface area contributed by atoms with Crippen LogP contribution in [-0.4, -0.2) is 62.5 Å². The lowest BCUT2D eigenvalue weighted by Crippen LogP contribution is -2.53. The van der Waals surface area contributed by atoms with Gasteiger partial charge in [-0.15, -0.1) is 23.5 Å². The molecule has 0 saturated carbocycles. The molecule has 0 aliphatic carbocycles. The number of hydrogen-bond donors (Lipinski definition) is 3. The molecule has 0 aliphatic rings. The smallest absolute Gasteiger partial charge is 0.244 e. The first kappa shape index (κ1) is 50.5. The van der Waals surface area contributed by atoms with Crippen molar-refractivity contribution in [1.82, 2.24) is 16.0 Å². The van der Waals surface area contributed by atoms with Gasteiger partial charge in [-0.2, -0.15) is 0 Å². The number of rotatable bonds is 25. The Kier molecular flexibility index (Phi) is 18.5. The number of thioether (sulfide) groups is 2. The van der Waals surface area contributed by atoms with E-state index in [4.69, 9.17) is 0 Å². The molecule has 354 valence electrons. The fourth-order valence-corrected chi connectivity index (χ4v) is 12.8. The Labute approximate surface area is 416 Å². The zero-order chi connectivity index (χ0) is 48.2. The quantitative estimate of drug-likeness (QED) is 0.0385. The maximum atomic E-state index is 14.2. The minimum atomic E-state index is -3.24. The molecule has 1 unspecified atom stereocenters. The van der Waals surface area contributed by atoms with E-state index >= 15 is 0 Å². The van der Waals surface area contributed by atoms with Crippen LogP contribution < -0.4 is 16.0 Å². The average Bonchev–Trinajstić information content (AvgIpc) is 3.39. The molecular weight excluding hydrogens is 915 g/mol. The second-order valence-corrected chi connectivity index (χ2v) is 21.4. The Hall–Kier alpha value is -6.40. The second-order valence-electron chi connectivity index (χ2n) is 16.8. The highest BCUT2D eigenvalue weighted by Gasteiger charge is 2.39. The van der Waals surface area contributed by atoms with Crippen LogP contribution in [0.5, 0.6) is 0 Å². The van der Waals surface area contributed by atoms with E-state index in [1.165, 1.54) is 23.5 Å². The number of carbonyl (C=O) groups excluding carboxylic acids is 3. The fraction of sp³-hybridized carbons (Fsp3) is 0.224. The molecule has 7 rings (SSSR count).